The van der Waals surface area contributed by atoms with Gasteiger partial charge in [-0.05, 0) is 37.6 Å². The SMILES string of the molecule is CCOc1cc(N2CCOCC2)c(OCC)cc1NC(=O)/C=C/c1ccc(F)cc1. The van der Waals surface area contributed by atoms with Crippen LogP contribution < -0.4 is 19.7 Å². The quantitative estimate of drug-likeness (QED) is 0.659. The molecule has 7 heteroatoms. The van der Waals surface area contributed by atoms with Gasteiger partial charge in [0.2, 0.25) is 5.91 Å². The van der Waals surface area contributed by atoms with Crippen LogP contribution in [0.1, 0.15) is 19.4 Å². The highest BCUT2D eigenvalue weighted by Gasteiger charge is 2.20. The van der Waals surface area contributed by atoms with E-state index in [1.807, 2.05) is 19.9 Å². The van der Waals surface area contributed by atoms with Crippen LogP contribution >= 0.6 is 0 Å². The molecule has 1 heterocycles. The summed E-state index contributed by atoms with van der Waals surface area (Å²) in [6.07, 6.45) is 3.03. The molecule has 1 aliphatic heterocycles. The van der Waals surface area contributed by atoms with E-state index in [0.717, 1.165) is 24.3 Å². The van der Waals surface area contributed by atoms with Crippen molar-refractivity contribution < 1.29 is 23.4 Å². The minimum absolute atomic E-state index is 0.318. The molecule has 0 unspecified atom stereocenters. The summed E-state index contributed by atoms with van der Waals surface area (Å²) in [5.74, 6) is 0.621. The first-order valence-electron chi connectivity index (χ1n) is 10.1. The van der Waals surface area contributed by atoms with Crippen LogP contribution in [0.25, 0.3) is 6.08 Å². The van der Waals surface area contributed by atoms with Crippen molar-refractivity contribution in [1.29, 1.82) is 0 Å². The van der Waals surface area contributed by atoms with Gasteiger partial charge in [-0.1, -0.05) is 12.1 Å². The van der Waals surface area contributed by atoms with E-state index in [2.05, 4.69) is 10.2 Å². The standard InChI is InChI=1S/C23H27FN2O4/c1-3-29-21-16-20(26-11-13-28-14-12-26)22(30-4-2)15-19(21)25-23(27)10-7-17-5-8-18(24)9-6-17/h5-10,15-16H,3-4,11-14H2,1-2H3,(H,25,27)/b10-7+. The van der Waals surface area contributed by atoms with E-state index >= 15 is 0 Å². The molecule has 0 aromatic heterocycles. The molecule has 2 aromatic rings. The Morgan fingerprint density at radius 3 is 2.43 bits per heavy atom. The van der Waals surface area contributed by atoms with Gasteiger partial charge in [-0.2, -0.15) is 0 Å². The Hall–Kier alpha value is -3.06. The molecule has 2 aromatic carbocycles. The van der Waals surface area contributed by atoms with Crippen LogP contribution in [0, 0.1) is 5.82 Å². The minimum atomic E-state index is -0.318. The lowest BCUT2D eigenvalue weighted by Gasteiger charge is -2.31. The lowest BCUT2D eigenvalue weighted by molar-refractivity contribution is -0.111. The zero-order valence-corrected chi connectivity index (χ0v) is 17.3. The van der Waals surface area contributed by atoms with Gasteiger partial charge >= 0.3 is 0 Å². The Morgan fingerprint density at radius 2 is 1.77 bits per heavy atom. The van der Waals surface area contributed by atoms with Crippen molar-refractivity contribution in [2.24, 2.45) is 0 Å². The lowest BCUT2D eigenvalue weighted by atomic mass is 10.2. The number of morpholine rings is 1. The second kappa shape index (κ2) is 10.6. The monoisotopic (exact) mass is 414 g/mol. The third-order valence-corrected chi connectivity index (χ3v) is 4.57. The lowest BCUT2D eigenvalue weighted by Crippen LogP contribution is -2.36. The first kappa shape index (κ1) is 21.6. The highest BCUT2D eigenvalue weighted by molar-refractivity contribution is 6.03. The van der Waals surface area contributed by atoms with Crippen molar-refractivity contribution in [1.82, 2.24) is 0 Å². The third-order valence-electron chi connectivity index (χ3n) is 4.57. The Labute approximate surface area is 176 Å². The first-order valence-corrected chi connectivity index (χ1v) is 10.1. The third kappa shape index (κ3) is 5.73. The number of nitrogens with one attached hydrogen (secondary N) is 1. The van der Waals surface area contributed by atoms with Crippen molar-refractivity contribution in [2.75, 3.05) is 49.7 Å². The van der Waals surface area contributed by atoms with Crippen molar-refractivity contribution >= 4 is 23.4 Å². The normalized spacial score (nSPS) is 14.0. The van der Waals surface area contributed by atoms with Crippen molar-refractivity contribution in [3.63, 3.8) is 0 Å². The average molecular weight is 414 g/mol. The zero-order valence-electron chi connectivity index (χ0n) is 17.3. The van der Waals surface area contributed by atoms with Gasteiger partial charge in [0.05, 0.1) is 37.8 Å². The fourth-order valence-electron chi connectivity index (χ4n) is 3.16. The van der Waals surface area contributed by atoms with Gasteiger partial charge in [-0.3, -0.25) is 4.79 Å². The van der Waals surface area contributed by atoms with E-state index in [0.29, 0.717) is 43.6 Å². The average Bonchev–Trinajstić information content (AvgIpc) is 2.76. The van der Waals surface area contributed by atoms with Crippen LogP contribution in [0.3, 0.4) is 0 Å². The van der Waals surface area contributed by atoms with Crippen LogP contribution in [-0.4, -0.2) is 45.4 Å². The number of rotatable bonds is 8. The summed E-state index contributed by atoms with van der Waals surface area (Å²) in [5, 5.41) is 2.86. The molecule has 3 rings (SSSR count). The molecule has 1 amide bonds. The minimum Gasteiger partial charge on any atom is -0.492 e. The summed E-state index contributed by atoms with van der Waals surface area (Å²) in [5.41, 5.74) is 2.18. The molecule has 1 saturated heterocycles. The van der Waals surface area contributed by atoms with Gasteiger partial charge in [-0.25, -0.2) is 4.39 Å². The van der Waals surface area contributed by atoms with Crippen LogP contribution in [0.4, 0.5) is 15.8 Å². The molecule has 1 fully saturated rings. The summed E-state index contributed by atoms with van der Waals surface area (Å²) in [4.78, 5) is 14.7. The number of carbonyl (C=O) groups excluding carboxylic acids is 1. The van der Waals surface area contributed by atoms with Crippen LogP contribution in [0.15, 0.2) is 42.5 Å². The summed E-state index contributed by atoms with van der Waals surface area (Å²) in [7, 11) is 0. The van der Waals surface area contributed by atoms with Gasteiger partial charge < -0.3 is 24.4 Å². The number of amides is 1. The molecule has 30 heavy (non-hydrogen) atoms. The second-order valence-corrected chi connectivity index (χ2v) is 6.66. The molecular weight excluding hydrogens is 387 g/mol. The Kier molecular flexibility index (Phi) is 7.68. The molecular formula is C23H27FN2O4. The summed E-state index contributed by atoms with van der Waals surface area (Å²) in [6.45, 7) is 7.61. The number of ether oxygens (including phenoxy) is 3. The molecule has 0 bridgehead atoms. The molecule has 0 aliphatic carbocycles. The van der Waals surface area contributed by atoms with Crippen LogP contribution in [-0.2, 0) is 9.53 Å². The Morgan fingerprint density at radius 1 is 1.10 bits per heavy atom. The molecule has 0 spiro atoms. The molecule has 0 radical (unpaired) electrons. The van der Waals surface area contributed by atoms with E-state index in [-0.39, 0.29) is 11.7 Å². The number of benzene rings is 2. The van der Waals surface area contributed by atoms with Gasteiger partial charge in [0.25, 0.3) is 0 Å². The summed E-state index contributed by atoms with van der Waals surface area (Å²) >= 11 is 0. The van der Waals surface area contributed by atoms with E-state index in [4.69, 9.17) is 14.2 Å². The zero-order chi connectivity index (χ0) is 21.3. The maximum atomic E-state index is 13.0. The fourth-order valence-corrected chi connectivity index (χ4v) is 3.16. The maximum Gasteiger partial charge on any atom is 0.248 e. The number of nitrogens with zero attached hydrogens (tertiary/aromatic N) is 1. The predicted octanol–water partition coefficient (Wildman–Crippen LogP) is 4.11. The molecule has 0 atom stereocenters. The molecule has 6 nitrogen and oxygen atoms in total. The number of hydrogen-bond acceptors (Lipinski definition) is 5. The largest absolute Gasteiger partial charge is 0.492 e. The molecule has 0 saturated carbocycles. The summed E-state index contributed by atoms with van der Waals surface area (Å²) < 4.78 is 30.1. The molecule has 160 valence electrons. The second-order valence-electron chi connectivity index (χ2n) is 6.66. The van der Waals surface area contributed by atoms with Crippen molar-refractivity contribution in [2.45, 2.75) is 13.8 Å². The topological polar surface area (TPSA) is 60.0 Å². The fraction of sp³-hybridized carbons (Fsp3) is 0.348. The van der Waals surface area contributed by atoms with Gasteiger partial charge in [0.15, 0.2) is 0 Å². The predicted molar refractivity (Wildman–Crippen MR) is 116 cm³/mol. The first-order chi connectivity index (χ1) is 14.6. The number of halogens is 1. The van der Waals surface area contributed by atoms with Crippen molar-refractivity contribution in [3.05, 3.63) is 53.9 Å². The Bertz CT molecular complexity index is 878. The van der Waals surface area contributed by atoms with E-state index in [1.54, 1.807) is 24.3 Å². The Balaban J connectivity index is 1.83. The van der Waals surface area contributed by atoms with Gasteiger partial charge in [0.1, 0.15) is 17.3 Å². The van der Waals surface area contributed by atoms with Gasteiger partial charge in [0, 0.05) is 31.3 Å². The highest BCUT2D eigenvalue weighted by Crippen LogP contribution is 2.39. The van der Waals surface area contributed by atoms with E-state index < -0.39 is 0 Å². The molecule has 1 N–H and O–H groups in total. The van der Waals surface area contributed by atoms with E-state index in [1.165, 1.54) is 18.2 Å². The number of hydrogen-bond donors (Lipinski definition) is 1. The number of carbonyl (C=O) groups is 1. The maximum absolute atomic E-state index is 13.0. The van der Waals surface area contributed by atoms with Crippen molar-refractivity contribution in [3.8, 4) is 11.5 Å². The van der Waals surface area contributed by atoms with E-state index in [9.17, 15) is 9.18 Å². The highest BCUT2D eigenvalue weighted by atomic mass is 19.1. The molecule has 1 aliphatic rings. The number of anilines is 2. The van der Waals surface area contributed by atoms with Gasteiger partial charge in [-0.15, -0.1) is 0 Å². The van der Waals surface area contributed by atoms with Crippen LogP contribution in [0.2, 0.25) is 0 Å². The summed E-state index contributed by atoms with van der Waals surface area (Å²) in [6, 6.07) is 9.61. The smallest absolute Gasteiger partial charge is 0.248 e. The van der Waals surface area contributed by atoms with Crippen LogP contribution in [0.5, 0.6) is 11.5 Å².